The topological polar surface area (TPSA) is 12.9 Å². The van der Waals surface area contributed by atoms with Crippen LogP contribution in [0, 0.1) is 5.95 Å². The standard InChI is InChI=1S/C23H32FN/c1-2-3-4-5-6-7-8-9-10-11-13-20-16-18-21(19-17-20)22-14-12-15-23(24)25-22/h12,14-19H,2-11,13H2,1H3. The molecular weight excluding hydrogens is 309 g/mol. The van der Waals surface area contributed by atoms with Gasteiger partial charge in [0.1, 0.15) is 0 Å². The zero-order valence-corrected chi connectivity index (χ0v) is 15.6. The van der Waals surface area contributed by atoms with Gasteiger partial charge in [-0.05, 0) is 30.5 Å². The van der Waals surface area contributed by atoms with E-state index in [9.17, 15) is 4.39 Å². The maximum Gasteiger partial charge on any atom is 0.213 e. The van der Waals surface area contributed by atoms with Gasteiger partial charge in [0.2, 0.25) is 5.95 Å². The van der Waals surface area contributed by atoms with Crippen molar-refractivity contribution in [2.24, 2.45) is 0 Å². The fraction of sp³-hybridized carbons (Fsp3) is 0.522. The molecule has 1 nitrogen and oxygen atoms in total. The number of nitrogens with zero attached hydrogens (tertiary/aromatic N) is 1. The summed E-state index contributed by atoms with van der Waals surface area (Å²) < 4.78 is 13.2. The number of hydrogen-bond acceptors (Lipinski definition) is 1. The summed E-state index contributed by atoms with van der Waals surface area (Å²) in [7, 11) is 0. The molecule has 0 fully saturated rings. The molecule has 136 valence electrons. The molecule has 0 aliphatic carbocycles. The fourth-order valence-corrected chi connectivity index (χ4v) is 3.23. The first-order valence-electron chi connectivity index (χ1n) is 10.0. The van der Waals surface area contributed by atoms with E-state index in [1.807, 2.05) is 18.2 Å². The molecule has 0 N–H and O–H groups in total. The summed E-state index contributed by atoms with van der Waals surface area (Å²) in [6, 6.07) is 13.3. The summed E-state index contributed by atoms with van der Waals surface area (Å²) in [6.07, 6.45) is 14.8. The van der Waals surface area contributed by atoms with Crippen LogP contribution in [0.5, 0.6) is 0 Å². The molecule has 0 radical (unpaired) electrons. The van der Waals surface area contributed by atoms with E-state index in [4.69, 9.17) is 0 Å². The third-order valence-electron chi connectivity index (χ3n) is 4.78. The van der Waals surface area contributed by atoms with Crippen LogP contribution < -0.4 is 0 Å². The van der Waals surface area contributed by atoms with Crippen molar-refractivity contribution < 1.29 is 4.39 Å². The normalized spacial score (nSPS) is 11.0. The maximum absolute atomic E-state index is 13.2. The SMILES string of the molecule is CCCCCCCCCCCCc1ccc(-c2cccc(F)n2)cc1. The second kappa shape index (κ2) is 11.8. The second-order valence-corrected chi connectivity index (χ2v) is 6.97. The Hall–Kier alpha value is -1.70. The molecule has 0 aliphatic rings. The maximum atomic E-state index is 13.2. The lowest BCUT2D eigenvalue weighted by Gasteiger charge is -2.05. The molecule has 2 heteroatoms. The molecule has 2 aromatic rings. The van der Waals surface area contributed by atoms with Crippen molar-refractivity contribution in [1.82, 2.24) is 4.98 Å². The Morgan fingerprint density at radius 2 is 1.32 bits per heavy atom. The fourth-order valence-electron chi connectivity index (χ4n) is 3.23. The second-order valence-electron chi connectivity index (χ2n) is 6.97. The molecule has 0 unspecified atom stereocenters. The van der Waals surface area contributed by atoms with Crippen molar-refractivity contribution in [3.05, 3.63) is 54.0 Å². The Morgan fingerprint density at radius 1 is 0.720 bits per heavy atom. The summed E-state index contributed by atoms with van der Waals surface area (Å²) in [4.78, 5) is 3.93. The van der Waals surface area contributed by atoms with Crippen molar-refractivity contribution in [1.29, 1.82) is 0 Å². The quantitative estimate of drug-likeness (QED) is 0.290. The first-order chi connectivity index (χ1) is 12.3. The molecule has 25 heavy (non-hydrogen) atoms. The van der Waals surface area contributed by atoms with Gasteiger partial charge < -0.3 is 0 Å². The van der Waals surface area contributed by atoms with Crippen LogP contribution >= 0.6 is 0 Å². The van der Waals surface area contributed by atoms with E-state index in [1.165, 1.54) is 75.8 Å². The molecule has 0 aliphatic heterocycles. The molecule has 0 saturated heterocycles. The minimum Gasteiger partial charge on any atom is -0.220 e. The van der Waals surface area contributed by atoms with Crippen LogP contribution in [0.4, 0.5) is 4.39 Å². The van der Waals surface area contributed by atoms with Gasteiger partial charge in [-0.25, -0.2) is 4.98 Å². The van der Waals surface area contributed by atoms with Crippen molar-refractivity contribution >= 4 is 0 Å². The van der Waals surface area contributed by atoms with Crippen LogP contribution in [0.2, 0.25) is 0 Å². The number of pyridine rings is 1. The summed E-state index contributed by atoms with van der Waals surface area (Å²) in [5.41, 5.74) is 3.04. The van der Waals surface area contributed by atoms with Gasteiger partial charge in [-0.15, -0.1) is 0 Å². The molecule has 1 heterocycles. The number of unbranched alkanes of at least 4 members (excludes halogenated alkanes) is 9. The highest BCUT2D eigenvalue weighted by molar-refractivity contribution is 5.59. The first-order valence-corrected chi connectivity index (χ1v) is 10.0. The highest BCUT2D eigenvalue weighted by atomic mass is 19.1. The smallest absolute Gasteiger partial charge is 0.213 e. The van der Waals surface area contributed by atoms with Crippen molar-refractivity contribution in [3.8, 4) is 11.3 Å². The van der Waals surface area contributed by atoms with E-state index in [1.54, 1.807) is 6.07 Å². The van der Waals surface area contributed by atoms with Gasteiger partial charge in [-0.2, -0.15) is 4.39 Å². The van der Waals surface area contributed by atoms with Gasteiger partial charge >= 0.3 is 0 Å². The van der Waals surface area contributed by atoms with E-state index in [0.717, 1.165) is 12.0 Å². The third kappa shape index (κ3) is 7.81. The van der Waals surface area contributed by atoms with Crippen molar-refractivity contribution in [2.45, 2.75) is 77.6 Å². The van der Waals surface area contributed by atoms with E-state index in [-0.39, 0.29) is 0 Å². The number of aryl methyl sites for hydroxylation is 1. The highest BCUT2D eigenvalue weighted by Gasteiger charge is 2.01. The van der Waals surface area contributed by atoms with Crippen molar-refractivity contribution in [3.63, 3.8) is 0 Å². The predicted molar refractivity (Wildman–Crippen MR) is 105 cm³/mol. The summed E-state index contributed by atoms with van der Waals surface area (Å²) in [5.74, 6) is -0.424. The molecule has 0 saturated carbocycles. The van der Waals surface area contributed by atoms with Crippen LogP contribution in [0.25, 0.3) is 11.3 Å². The van der Waals surface area contributed by atoms with Crippen LogP contribution in [0.15, 0.2) is 42.5 Å². The zero-order valence-electron chi connectivity index (χ0n) is 15.6. The number of benzene rings is 1. The van der Waals surface area contributed by atoms with Gasteiger partial charge in [0.15, 0.2) is 0 Å². The largest absolute Gasteiger partial charge is 0.220 e. The summed E-state index contributed by atoms with van der Waals surface area (Å²) in [5, 5.41) is 0. The van der Waals surface area contributed by atoms with Crippen LogP contribution in [0.3, 0.4) is 0 Å². The van der Waals surface area contributed by atoms with E-state index in [2.05, 4.69) is 24.0 Å². The van der Waals surface area contributed by atoms with Gasteiger partial charge in [-0.3, -0.25) is 0 Å². The van der Waals surface area contributed by atoms with Gasteiger partial charge in [0, 0.05) is 5.56 Å². The van der Waals surface area contributed by atoms with E-state index >= 15 is 0 Å². The van der Waals surface area contributed by atoms with Crippen LogP contribution in [-0.2, 0) is 6.42 Å². The summed E-state index contributed by atoms with van der Waals surface area (Å²) in [6.45, 7) is 2.27. The van der Waals surface area contributed by atoms with Crippen molar-refractivity contribution in [2.75, 3.05) is 0 Å². The Balaban J connectivity index is 1.59. The molecule has 2 rings (SSSR count). The average molecular weight is 342 g/mol. The Morgan fingerprint density at radius 3 is 1.92 bits per heavy atom. The molecule has 0 atom stereocenters. The molecule has 0 spiro atoms. The molecule has 1 aromatic heterocycles. The average Bonchev–Trinajstić information content (AvgIpc) is 2.64. The molecule has 0 bridgehead atoms. The monoisotopic (exact) mass is 341 g/mol. The molecule has 0 amide bonds. The number of aromatic nitrogens is 1. The molecule has 1 aromatic carbocycles. The van der Waals surface area contributed by atoms with E-state index in [0.29, 0.717) is 5.69 Å². The first kappa shape index (κ1) is 19.6. The zero-order chi connectivity index (χ0) is 17.7. The lowest BCUT2D eigenvalue weighted by atomic mass is 10.0. The lowest BCUT2D eigenvalue weighted by molar-refractivity contribution is 0.556. The highest BCUT2D eigenvalue weighted by Crippen LogP contribution is 2.19. The lowest BCUT2D eigenvalue weighted by Crippen LogP contribution is -1.89. The number of hydrogen-bond donors (Lipinski definition) is 0. The van der Waals surface area contributed by atoms with Gasteiger partial charge in [0.25, 0.3) is 0 Å². The predicted octanol–water partition coefficient (Wildman–Crippen LogP) is 7.35. The third-order valence-corrected chi connectivity index (χ3v) is 4.78. The number of rotatable bonds is 12. The minimum absolute atomic E-state index is 0.424. The minimum atomic E-state index is -0.424. The Labute approximate surface area is 152 Å². The van der Waals surface area contributed by atoms with Gasteiger partial charge in [-0.1, -0.05) is 95.0 Å². The summed E-state index contributed by atoms with van der Waals surface area (Å²) >= 11 is 0. The van der Waals surface area contributed by atoms with Crippen LogP contribution in [0.1, 0.15) is 76.7 Å². The molecular formula is C23H32FN. The Kier molecular flexibility index (Phi) is 9.25. The van der Waals surface area contributed by atoms with Gasteiger partial charge in [0.05, 0.1) is 5.69 Å². The van der Waals surface area contributed by atoms with E-state index < -0.39 is 5.95 Å². The Bertz CT molecular complexity index is 591. The number of halogens is 1. The van der Waals surface area contributed by atoms with Crippen LogP contribution in [-0.4, -0.2) is 4.98 Å².